The largest absolute Gasteiger partial charge is 0.492 e. The average Bonchev–Trinajstić information content (AvgIpc) is 3.13. The third-order valence-corrected chi connectivity index (χ3v) is 4.37. The number of aromatic hydroxyl groups is 1. The van der Waals surface area contributed by atoms with Crippen molar-refractivity contribution in [1.29, 1.82) is 0 Å². The fraction of sp³-hybridized carbons (Fsp3) is 0.176. The Morgan fingerprint density at radius 3 is 2.57 bits per heavy atom. The van der Waals surface area contributed by atoms with Gasteiger partial charge in [0.2, 0.25) is 5.88 Å². The topological polar surface area (TPSA) is 50.9 Å². The number of para-hydroxylation sites is 1. The second-order valence-corrected chi connectivity index (χ2v) is 6.18. The molecule has 0 spiro atoms. The molecule has 4 nitrogen and oxygen atoms in total. The van der Waals surface area contributed by atoms with Crippen LogP contribution in [-0.4, -0.2) is 19.9 Å². The highest BCUT2D eigenvalue weighted by molar-refractivity contribution is 7.09. The Morgan fingerprint density at radius 2 is 1.91 bits per heavy atom. The van der Waals surface area contributed by atoms with E-state index >= 15 is 0 Å². The molecule has 0 bridgehead atoms. The first-order valence-electron chi connectivity index (χ1n) is 7.11. The summed E-state index contributed by atoms with van der Waals surface area (Å²) in [6.07, 6.45) is 5.53. The monoisotopic (exact) mass is 347 g/mol. The SMILES string of the molecule is CC(C)c1nc(/C=C/c2cn(-c3ccccc3)nc2O)cs1.Cl. The standard InChI is InChI=1S/C17H17N3OS.ClH/c1-12(2)17-18-14(11-22-17)9-8-13-10-20(19-16(13)21)15-6-4-3-5-7-15;/h3-12H,1-2H3,(H,19,21);1H/b9-8+;. The fourth-order valence-electron chi connectivity index (χ4n) is 2.03. The van der Waals surface area contributed by atoms with Gasteiger partial charge in [0, 0.05) is 17.5 Å². The van der Waals surface area contributed by atoms with E-state index in [-0.39, 0.29) is 18.3 Å². The first kappa shape index (κ1) is 17.2. The van der Waals surface area contributed by atoms with Crippen molar-refractivity contribution in [2.45, 2.75) is 19.8 Å². The smallest absolute Gasteiger partial charge is 0.238 e. The molecule has 0 fully saturated rings. The van der Waals surface area contributed by atoms with Crippen molar-refractivity contribution < 1.29 is 5.11 Å². The van der Waals surface area contributed by atoms with Crippen LogP contribution < -0.4 is 0 Å². The number of nitrogens with zero attached hydrogens (tertiary/aromatic N) is 3. The van der Waals surface area contributed by atoms with E-state index in [1.165, 1.54) is 0 Å². The summed E-state index contributed by atoms with van der Waals surface area (Å²) >= 11 is 1.65. The van der Waals surface area contributed by atoms with Gasteiger partial charge in [-0.05, 0) is 24.3 Å². The van der Waals surface area contributed by atoms with Gasteiger partial charge in [0.1, 0.15) is 0 Å². The van der Waals surface area contributed by atoms with Crippen molar-refractivity contribution in [3.05, 3.63) is 58.2 Å². The van der Waals surface area contributed by atoms with E-state index in [2.05, 4.69) is 23.9 Å². The minimum Gasteiger partial charge on any atom is -0.492 e. The van der Waals surface area contributed by atoms with Crippen LogP contribution in [0.2, 0.25) is 0 Å². The zero-order valence-corrected chi connectivity index (χ0v) is 14.5. The fourth-order valence-corrected chi connectivity index (χ4v) is 2.83. The predicted molar refractivity (Wildman–Crippen MR) is 97.6 cm³/mol. The van der Waals surface area contributed by atoms with Gasteiger partial charge in [-0.25, -0.2) is 9.67 Å². The van der Waals surface area contributed by atoms with Gasteiger partial charge >= 0.3 is 0 Å². The molecular formula is C17H18ClN3OS. The van der Waals surface area contributed by atoms with Crippen molar-refractivity contribution in [2.75, 3.05) is 0 Å². The molecule has 0 radical (unpaired) electrons. The second kappa shape index (κ2) is 7.44. The molecule has 3 aromatic rings. The van der Waals surface area contributed by atoms with Crippen molar-refractivity contribution in [3.63, 3.8) is 0 Å². The Hall–Kier alpha value is -2.11. The molecule has 2 aromatic heterocycles. The summed E-state index contributed by atoms with van der Waals surface area (Å²) in [6.45, 7) is 4.25. The summed E-state index contributed by atoms with van der Waals surface area (Å²) in [5, 5.41) is 17.2. The molecule has 1 aromatic carbocycles. The Balaban J connectivity index is 0.00000192. The first-order valence-corrected chi connectivity index (χ1v) is 7.99. The Bertz CT molecular complexity index is 793. The van der Waals surface area contributed by atoms with Crippen LogP contribution in [0.1, 0.15) is 36.0 Å². The maximum Gasteiger partial charge on any atom is 0.238 e. The highest BCUT2D eigenvalue weighted by Gasteiger charge is 2.07. The van der Waals surface area contributed by atoms with Crippen LogP contribution in [0.3, 0.4) is 0 Å². The molecule has 0 saturated carbocycles. The van der Waals surface area contributed by atoms with Gasteiger partial charge < -0.3 is 5.11 Å². The molecule has 1 N–H and O–H groups in total. The summed E-state index contributed by atoms with van der Waals surface area (Å²) in [5.74, 6) is 0.445. The van der Waals surface area contributed by atoms with E-state index in [0.717, 1.165) is 16.4 Å². The zero-order valence-electron chi connectivity index (χ0n) is 12.9. The third-order valence-electron chi connectivity index (χ3n) is 3.21. The summed E-state index contributed by atoms with van der Waals surface area (Å²) in [5.41, 5.74) is 2.48. The van der Waals surface area contributed by atoms with Crippen molar-refractivity contribution in [2.24, 2.45) is 0 Å². The summed E-state index contributed by atoms with van der Waals surface area (Å²) < 4.78 is 1.66. The van der Waals surface area contributed by atoms with E-state index in [4.69, 9.17) is 0 Å². The molecule has 0 aliphatic rings. The van der Waals surface area contributed by atoms with Crippen molar-refractivity contribution >= 4 is 35.9 Å². The lowest BCUT2D eigenvalue weighted by Gasteiger charge is -1.97. The molecular weight excluding hydrogens is 330 g/mol. The summed E-state index contributed by atoms with van der Waals surface area (Å²) in [6, 6.07) is 9.70. The minimum atomic E-state index is 0. The second-order valence-electron chi connectivity index (χ2n) is 5.29. The van der Waals surface area contributed by atoms with Crippen LogP contribution in [0.15, 0.2) is 41.9 Å². The van der Waals surface area contributed by atoms with Crippen molar-refractivity contribution in [1.82, 2.24) is 14.8 Å². The highest BCUT2D eigenvalue weighted by atomic mass is 35.5. The lowest BCUT2D eigenvalue weighted by molar-refractivity contribution is 0.447. The number of rotatable bonds is 4. The van der Waals surface area contributed by atoms with Crippen LogP contribution in [-0.2, 0) is 0 Å². The first-order chi connectivity index (χ1) is 10.6. The molecule has 3 rings (SSSR count). The molecule has 0 aliphatic heterocycles. The molecule has 23 heavy (non-hydrogen) atoms. The quantitative estimate of drug-likeness (QED) is 0.740. The van der Waals surface area contributed by atoms with Gasteiger partial charge in [-0.3, -0.25) is 0 Å². The van der Waals surface area contributed by atoms with E-state index in [0.29, 0.717) is 11.5 Å². The van der Waals surface area contributed by atoms with Crippen molar-refractivity contribution in [3.8, 4) is 11.6 Å². The maximum absolute atomic E-state index is 9.96. The molecule has 0 unspecified atom stereocenters. The molecule has 0 saturated heterocycles. The molecule has 0 aliphatic carbocycles. The van der Waals surface area contributed by atoms with Crippen LogP contribution >= 0.6 is 23.7 Å². The van der Waals surface area contributed by atoms with E-state index in [1.807, 2.05) is 47.9 Å². The molecule has 0 atom stereocenters. The lowest BCUT2D eigenvalue weighted by atomic mass is 10.2. The summed E-state index contributed by atoms with van der Waals surface area (Å²) in [4.78, 5) is 4.54. The molecule has 0 amide bonds. The van der Waals surface area contributed by atoms with E-state index in [1.54, 1.807) is 22.2 Å². The van der Waals surface area contributed by atoms with Crippen LogP contribution in [0.25, 0.3) is 17.8 Å². The number of aromatic nitrogens is 3. The third kappa shape index (κ3) is 4.00. The van der Waals surface area contributed by atoms with Crippen LogP contribution in [0.5, 0.6) is 5.88 Å². The Labute approximate surface area is 145 Å². The molecule has 6 heteroatoms. The van der Waals surface area contributed by atoms with Crippen LogP contribution in [0.4, 0.5) is 0 Å². The Kier molecular flexibility index (Phi) is 5.58. The number of halogens is 1. The highest BCUT2D eigenvalue weighted by Crippen LogP contribution is 2.23. The van der Waals surface area contributed by atoms with Gasteiger partial charge in [0.25, 0.3) is 0 Å². The van der Waals surface area contributed by atoms with Crippen LogP contribution in [0, 0.1) is 0 Å². The number of hydrogen-bond donors (Lipinski definition) is 1. The number of hydrogen-bond acceptors (Lipinski definition) is 4. The average molecular weight is 348 g/mol. The lowest BCUT2D eigenvalue weighted by Crippen LogP contribution is -1.92. The predicted octanol–water partition coefficient (Wildman–Crippen LogP) is 4.75. The minimum absolute atomic E-state index is 0. The number of benzene rings is 1. The van der Waals surface area contributed by atoms with Gasteiger partial charge in [0.15, 0.2) is 0 Å². The normalized spacial score (nSPS) is 11.1. The van der Waals surface area contributed by atoms with Gasteiger partial charge in [-0.15, -0.1) is 28.8 Å². The molecule has 120 valence electrons. The Morgan fingerprint density at radius 1 is 1.17 bits per heavy atom. The van der Waals surface area contributed by atoms with Gasteiger partial charge in [-0.2, -0.15) is 0 Å². The zero-order chi connectivity index (χ0) is 15.5. The summed E-state index contributed by atoms with van der Waals surface area (Å²) in [7, 11) is 0. The van der Waals surface area contributed by atoms with Gasteiger partial charge in [-0.1, -0.05) is 32.0 Å². The number of thiazole rings is 1. The van der Waals surface area contributed by atoms with E-state index < -0.39 is 0 Å². The van der Waals surface area contributed by atoms with E-state index in [9.17, 15) is 5.11 Å². The van der Waals surface area contributed by atoms with Gasteiger partial charge in [0.05, 0.1) is 22.0 Å². The maximum atomic E-state index is 9.96. The molecule has 2 heterocycles.